The summed E-state index contributed by atoms with van der Waals surface area (Å²) in [6.07, 6.45) is 8.64. The van der Waals surface area contributed by atoms with Crippen molar-refractivity contribution in [3.63, 3.8) is 0 Å². The van der Waals surface area contributed by atoms with Crippen molar-refractivity contribution in [3.8, 4) is 11.8 Å². The number of hydrogen-bond donors (Lipinski definition) is 2. The van der Waals surface area contributed by atoms with Crippen molar-refractivity contribution >= 4 is 5.91 Å². The van der Waals surface area contributed by atoms with E-state index in [4.69, 9.17) is 0 Å². The Morgan fingerprint density at radius 2 is 2.00 bits per heavy atom. The quantitative estimate of drug-likeness (QED) is 0.424. The molecule has 0 aromatic heterocycles. The smallest absolute Gasteiger partial charge is 0.247 e. The zero-order valence-corrected chi connectivity index (χ0v) is 15.6. The molecule has 0 bridgehead atoms. The second-order valence-electron chi connectivity index (χ2n) is 7.15. The zero-order valence-electron chi connectivity index (χ0n) is 15.6. The van der Waals surface area contributed by atoms with Crippen molar-refractivity contribution < 1.29 is 9.90 Å². The highest BCUT2D eigenvalue weighted by molar-refractivity contribution is 5.94. The first-order valence-electron chi connectivity index (χ1n) is 8.78. The summed E-state index contributed by atoms with van der Waals surface area (Å²) in [5.74, 6) is 6.84. The molecule has 0 aromatic carbocycles. The fourth-order valence-electron chi connectivity index (χ4n) is 1.89. The Balaban J connectivity index is 2.96. The van der Waals surface area contributed by atoms with Gasteiger partial charge in [-0.15, -0.1) is 0 Å². The molecule has 0 heterocycles. The van der Waals surface area contributed by atoms with E-state index in [0.29, 0.717) is 11.5 Å². The maximum Gasteiger partial charge on any atom is 0.247 e. The van der Waals surface area contributed by atoms with Crippen molar-refractivity contribution in [3.05, 3.63) is 36.0 Å². The third kappa shape index (κ3) is 6.76. The fraction of sp³-hybridized carbons (Fsp3) is 0.571. The Morgan fingerprint density at radius 3 is 2.46 bits per heavy atom. The van der Waals surface area contributed by atoms with Crippen molar-refractivity contribution in [1.82, 2.24) is 5.32 Å². The van der Waals surface area contributed by atoms with Crippen molar-refractivity contribution in [2.45, 2.75) is 65.5 Å². The lowest BCUT2D eigenvalue weighted by atomic mass is 9.95. The van der Waals surface area contributed by atoms with Gasteiger partial charge in [0.2, 0.25) is 5.91 Å². The molecule has 1 rings (SSSR count). The standard InChI is InChI=1S/C21H31NO2/c1-7-15(3)19(20(23)22-16(4)21(5,6)24)14-13-17(8-2)9-10-18-11-12-18/h8,13-16,18,24H,2,7,11-12H2,1,3-6H3,(H,22,23). The van der Waals surface area contributed by atoms with Gasteiger partial charge in [-0.25, -0.2) is 0 Å². The molecule has 0 radical (unpaired) electrons. The second-order valence-corrected chi connectivity index (χ2v) is 7.15. The number of aliphatic hydroxyl groups is 1. The van der Waals surface area contributed by atoms with Crippen LogP contribution in [0.4, 0.5) is 0 Å². The Bertz CT molecular complexity index is 577. The average molecular weight is 329 g/mol. The number of allylic oxidation sites excluding steroid dienone is 4. The molecule has 0 aromatic rings. The largest absolute Gasteiger partial charge is 0.388 e. The van der Waals surface area contributed by atoms with E-state index in [0.717, 1.165) is 12.0 Å². The second kappa shape index (κ2) is 8.89. The summed E-state index contributed by atoms with van der Waals surface area (Å²) in [5, 5.41) is 12.9. The third-order valence-corrected chi connectivity index (χ3v) is 4.47. The van der Waals surface area contributed by atoms with Crippen LogP contribution in [0.1, 0.15) is 53.9 Å². The summed E-state index contributed by atoms with van der Waals surface area (Å²) >= 11 is 0. The van der Waals surface area contributed by atoms with E-state index in [1.807, 2.05) is 19.1 Å². The van der Waals surface area contributed by atoms with Gasteiger partial charge in [0.15, 0.2) is 0 Å². The van der Waals surface area contributed by atoms with Gasteiger partial charge in [-0.1, -0.05) is 44.4 Å². The lowest BCUT2D eigenvalue weighted by Gasteiger charge is -2.27. The van der Waals surface area contributed by atoms with E-state index in [-0.39, 0.29) is 17.9 Å². The summed E-state index contributed by atoms with van der Waals surface area (Å²) in [6, 6.07) is -0.338. The molecular formula is C21H31NO2. The molecule has 132 valence electrons. The summed E-state index contributed by atoms with van der Waals surface area (Å²) in [4.78, 5) is 12.6. The van der Waals surface area contributed by atoms with Gasteiger partial charge in [-0.2, -0.15) is 0 Å². The average Bonchev–Trinajstić information content (AvgIpc) is 3.33. The van der Waals surface area contributed by atoms with E-state index in [1.165, 1.54) is 12.8 Å². The summed E-state index contributed by atoms with van der Waals surface area (Å²) in [7, 11) is 0. The van der Waals surface area contributed by atoms with Crippen LogP contribution in [0, 0.1) is 23.7 Å². The van der Waals surface area contributed by atoms with Crippen LogP contribution >= 0.6 is 0 Å². The molecule has 24 heavy (non-hydrogen) atoms. The highest BCUT2D eigenvalue weighted by Crippen LogP contribution is 2.27. The first-order chi connectivity index (χ1) is 11.2. The fourth-order valence-corrected chi connectivity index (χ4v) is 1.89. The zero-order chi connectivity index (χ0) is 18.3. The molecule has 3 nitrogen and oxygen atoms in total. The molecule has 1 amide bonds. The highest BCUT2D eigenvalue weighted by atomic mass is 16.3. The maximum absolute atomic E-state index is 12.6. The minimum absolute atomic E-state index is 0.123. The number of amides is 1. The molecule has 0 aliphatic heterocycles. The minimum Gasteiger partial charge on any atom is -0.388 e. The number of hydrogen-bond acceptors (Lipinski definition) is 2. The van der Waals surface area contributed by atoms with Gasteiger partial charge in [0.25, 0.3) is 0 Å². The van der Waals surface area contributed by atoms with Crippen LogP contribution in [-0.4, -0.2) is 22.7 Å². The molecular weight excluding hydrogens is 298 g/mol. The van der Waals surface area contributed by atoms with Crippen LogP contribution in [0.2, 0.25) is 0 Å². The topological polar surface area (TPSA) is 49.3 Å². The van der Waals surface area contributed by atoms with E-state index in [1.54, 1.807) is 26.8 Å². The molecule has 2 unspecified atom stereocenters. The van der Waals surface area contributed by atoms with E-state index < -0.39 is 5.60 Å². The highest BCUT2D eigenvalue weighted by Gasteiger charge is 2.26. The van der Waals surface area contributed by atoms with E-state index in [2.05, 4.69) is 30.7 Å². The summed E-state index contributed by atoms with van der Waals surface area (Å²) < 4.78 is 0. The van der Waals surface area contributed by atoms with Gasteiger partial charge in [0.1, 0.15) is 0 Å². The number of carbonyl (C=O) groups is 1. The Kier molecular flexibility index (Phi) is 7.51. The van der Waals surface area contributed by atoms with Crippen LogP contribution in [0.5, 0.6) is 0 Å². The lowest BCUT2D eigenvalue weighted by Crippen LogP contribution is -2.48. The molecule has 2 N–H and O–H groups in total. The molecule has 1 aliphatic rings. The molecule has 0 saturated heterocycles. The molecule has 1 fully saturated rings. The Hall–Kier alpha value is -1.79. The third-order valence-electron chi connectivity index (χ3n) is 4.47. The SMILES string of the molecule is C=CC(C#CC1CC1)=CC=C(C(=O)NC(C)C(C)(C)O)C(C)CC. The first-order valence-corrected chi connectivity index (χ1v) is 8.78. The maximum atomic E-state index is 12.6. The van der Waals surface area contributed by atoms with Crippen LogP contribution in [-0.2, 0) is 4.79 Å². The van der Waals surface area contributed by atoms with Crippen molar-refractivity contribution in [2.24, 2.45) is 11.8 Å². The van der Waals surface area contributed by atoms with Crippen LogP contribution < -0.4 is 5.32 Å². The van der Waals surface area contributed by atoms with Gasteiger partial charge in [0, 0.05) is 17.1 Å². The van der Waals surface area contributed by atoms with Gasteiger partial charge in [-0.3, -0.25) is 4.79 Å². The van der Waals surface area contributed by atoms with E-state index in [9.17, 15) is 9.90 Å². The van der Waals surface area contributed by atoms with Crippen LogP contribution in [0.3, 0.4) is 0 Å². The number of rotatable bonds is 7. The predicted molar refractivity (Wildman–Crippen MR) is 100 cm³/mol. The van der Waals surface area contributed by atoms with Gasteiger partial charge in [0.05, 0.1) is 11.6 Å². The minimum atomic E-state index is -0.964. The summed E-state index contributed by atoms with van der Waals surface area (Å²) in [5.41, 5.74) is 0.556. The normalized spacial score (nSPS) is 18.2. The van der Waals surface area contributed by atoms with Gasteiger partial charge >= 0.3 is 0 Å². The summed E-state index contributed by atoms with van der Waals surface area (Å²) in [6.45, 7) is 13.1. The Labute approximate surface area is 146 Å². The van der Waals surface area contributed by atoms with Gasteiger partial charge < -0.3 is 10.4 Å². The van der Waals surface area contributed by atoms with Gasteiger partial charge in [-0.05, 0) is 52.0 Å². The Morgan fingerprint density at radius 1 is 1.38 bits per heavy atom. The lowest BCUT2D eigenvalue weighted by molar-refractivity contribution is -0.120. The molecule has 0 spiro atoms. The number of carbonyl (C=O) groups excluding carboxylic acids is 1. The number of nitrogens with one attached hydrogen (secondary N) is 1. The first kappa shape index (κ1) is 20.3. The van der Waals surface area contributed by atoms with Crippen molar-refractivity contribution in [1.29, 1.82) is 0 Å². The monoisotopic (exact) mass is 329 g/mol. The van der Waals surface area contributed by atoms with E-state index >= 15 is 0 Å². The molecule has 1 aliphatic carbocycles. The molecule has 2 atom stereocenters. The van der Waals surface area contributed by atoms with Crippen LogP contribution in [0.25, 0.3) is 0 Å². The molecule has 1 saturated carbocycles. The van der Waals surface area contributed by atoms with Crippen LogP contribution in [0.15, 0.2) is 36.0 Å². The molecule has 3 heteroatoms. The predicted octanol–water partition coefficient (Wildman–Crippen LogP) is 3.76. The van der Waals surface area contributed by atoms with Crippen molar-refractivity contribution in [2.75, 3.05) is 0 Å².